The van der Waals surface area contributed by atoms with Gasteiger partial charge in [-0.15, -0.1) is 0 Å². The molecule has 2 aromatic carbocycles. The summed E-state index contributed by atoms with van der Waals surface area (Å²) in [6.07, 6.45) is 0.755. The first-order valence-electron chi connectivity index (χ1n) is 10.5. The van der Waals surface area contributed by atoms with E-state index in [9.17, 15) is 4.79 Å². The molecule has 2 aromatic rings. The van der Waals surface area contributed by atoms with Crippen LogP contribution in [0.2, 0.25) is 0 Å². The van der Waals surface area contributed by atoms with E-state index in [-0.39, 0.29) is 0 Å². The molecule has 6 heteroatoms. The van der Waals surface area contributed by atoms with Crippen molar-refractivity contribution in [3.63, 3.8) is 0 Å². The summed E-state index contributed by atoms with van der Waals surface area (Å²) in [7, 11) is 4.67. The molecule has 0 unspecified atom stereocenters. The third kappa shape index (κ3) is 13.2. The topological polar surface area (TPSA) is 77.0 Å². The number of hydrogen-bond donors (Lipinski definition) is 2. The number of rotatable bonds is 6. The molecule has 0 aromatic heterocycles. The van der Waals surface area contributed by atoms with Gasteiger partial charge in [0.1, 0.15) is 29.2 Å². The molecule has 6 nitrogen and oxygen atoms in total. The fraction of sp³-hybridized carbons (Fsp3) is 0.480. The Bertz CT molecular complexity index is 705. The molecule has 0 radical (unpaired) electrons. The summed E-state index contributed by atoms with van der Waals surface area (Å²) in [5.41, 5.74) is 4.42. The van der Waals surface area contributed by atoms with E-state index < -0.39 is 0 Å². The number of anilines is 1. The van der Waals surface area contributed by atoms with Crippen LogP contribution in [0, 0.1) is 5.92 Å². The van der Waals surface area contributed by atoms with Gasteiger partial charge < -0.3 is 14.2 Å². The summed E-state index contributed by atoms with van der Waals surface area (Å²) in [5, 5.41) is 8.75. The number of nitrogens with one attached hydrogen (secondary N) is 1. The van der Waals surface area contributed by atoms with Crippen molar-refractivity contribution in [1.82, 2.24) is 0 Å². The van der Waals surface area contributed by atoms with E-state index in [2.05, 4.69) is 40.1 Å². The zero-order valence-electron chi connectivity index (χ0n) is 20.8. The van der Waals surface area contributed by atoms with Crippen molar-refractivity contribution in [3.8, 4) is 17.2 Å². The number of aldehydes is 1. The number of methoxy groups -OCH3 is 3. The highest BCUT2D eigenvalue weighted by Crippen LogP contribution is 2.28. The fourth-order valence-electron chi connectivity index (χ4n) is 2.06. The van der Waals surface area contributed by atoms with Gasteiger partial charge in [-0.25, -0.2) is 0 Å². The minimum atomic E-state index is 0.460. The molecule has 0 aliphatic rings. The second-order valence-corrected chi connectivity index (χ2v) is 7.22. The first kappa shape index (κ1) is 30.5. The van der Waals surface area contributed by atoms with E-state index in [1.54, 1.807) is 45.6 Å². The van der Waals surface area contributed by atoms with Gasteiger partial charge in [-0.3, -0.25) is 15.5 Å². The lowest BCUT2D eigenvalue weighted by molar-refractivity contribution is 0.112. The lowest BCUT2D eigenvalue weighted by atomic mass is 10.0. The van der Waals surface area contributed by atoms with Crippen LogP contribution in [-0.4, -0.2) is 32.8 Å². The van der Waals surface area contributed by atoms with Gasteiger partial charge in [0.25, 0.3) is 0 Å². The van der Waals surface area contributed by atoms with Crippen LogP contribution in [0.1, 0.15) is 70.3 Å². The van der Waals surface area contributed by atoms with Crippen LogP contribution in [0.25, 0.3) is 0 Å². The summed E-state index contributed by atoms with van der Waals surface area (Å²) in [6, 6.07) is 10.7. The summed E-state index contributed by atoms with van der Waals surface area (Å²) in [4.78, 5) is 10.4. The molecule has 0 saturated heterocycles. The Hall–Kier alpha value is -2.73. The smallest absolute Gasteiger partial charge is 0.150 e. The predicted molar refractivity (Wildman–Crippen MR) is 129 cm³/mol. The lowest BCUT2D eigenvalue weighted by Crippen LogP contribution is -1.96. The fourth-order valence-corrected chi connectivity index (χ4v) is 2.06. The molecule has 0 fully saturated rings. The zero-order chi connectivity index (χ0) is 24.4. The summed E-state index contributed by atoms with van der Waals surface area (Å²) < 4.78 is 15.0. The van der Waals surface area contributed by atoms with E-state index in [4.69, 9.17) is 19.4 Å². The Kier molecular flexibility index (Phi) is 17.8. The van der Waals surface area contributed by atoms with Crippen molar-refractivity contribution in [2.24, 2.45) is 5.92 Å². The molecule has 0 aliphatic heterocycles. The maximum Gasteiger partial charge on any atom is 0.150 e. The van der Waals surface area contributed by atoms with Gasteiger partial charge in [0.05, 0.1) is 21.3 Å². The number of ether oxygens (including phenoxy) is 3. The van der Waals surface area contributed by atoms with Crippen molar-refractivity contribution in [2.75, 3.05) is 26.8 Å². The molecule has 0 amide bonds. The molecule has 176 valence electrons. The number of benzene rings is 2. The number of hydrogen-bond acceptors (Lipinski definition) is 6. The maximum atomic E-state index is 10.4. The monoisotopic (exact) mass is 435 g/mol. The third-order valence-corrected chi connectivity index (χ3v) is 3.52. The zero-order valence-corrected chi connectivity index (χ0v) is 20.8. The largest absolute Gasteiger partial charge is 0.497 e. The van der Waals surface area contributed by atoms with Gasteiger partial charge in [-0.2, -0.15) is 0 Å². The Labute approximate surface area is 188 Å². The van der Waals surface area contributed by atoms with Crippen LogP contribution < -0.4 is 19.7 Å². The van der Waals surface area contributed by atoms with Crippen LogP contribution >= 0.6 is 0 Å². The van der Waals surface area contributed by atoms with Gasteiger partial charge in [-0.05, 0) is 41.7 Å². The van der Waals surface area contributed by atoms with Crippen LogP contribution in [0.4, 0.5) is 5.69 Å². The van der Waals surface area contributed by atoms with Crippen molar-refractivity contribution < 1.29 is 24.2 Å². The second kappa shape index (κ2) is 18.1. The van der Waals surface area contributed by atoms with Crippen molar-refractivity contribution in [3.05, 3.63) is 47.5 Å². The molecule has 0 saturated carbocycles. The van der Waals surface area contributed by atoms with Crippen LogP contribution in [0.5, 0.6) is 17.2 Å². The number of carbonyl (C=O) groups is 1. The lowest BCUT2D eigenvalue weighted by Gasteiger charge is -2.11. The molecule has 0 atom stereocenters. The molecular formula is C25H41NO5. The molecular weight excluding hydrogens is 394 g/mol. The van der Waals surface area contributed by atoms with Crippen LogP contribution in [0.15, 0.2) is 36.4 Å². The van der Waals surface area contributed by atoms with Gasteiger partial charge in [-0.1, -0.05) is 54.5 Å². The standard InChI is InChI=1S/C10H15NO2.C9H10O3.C4H10.C2H6/c1-7(2)8-4-5-9(11-12)10(6-8)13-3;1-11-8-3-7(6-10)4-9(5-8)12-2;1-4(2)3;1-2/h4-7,11-12H,1-3H3;3-6H,1-2H3;4H,1-3H3;1-2H3. The third-order valence-electron chi connectivity index (χ3n) is 3.52. The van der Waals surface area contributed by atoms with Gasteiger partial charge in [0, 0.05) is 11.6 Å². The minimum Gasteiger partial charge on any atom is -0.497 e. The summed E-state index contributed by atoms with van der Waals surface area (Å²) in [5.74, 6) is 3.20. The van der Waals surface area contributed by atoms with E-state index in [1.807, 2.05) is 26.0 Å². The Morgan fingerprint density at radius 3 is 1.65 bits per heavy atom. The Morgan fingerprint density at radius 1 is 0.839 bits per heavy atom. The number of carbonyl (C=O) groups excluding carboxylic acids is 1. The maximum absolute atomic E-state index is 10.4. The molecule has 0 bridgehead atoms. The van der Waals surface area contributed by atoms with Crippen LogP contribution in [0.3, 0.4) is 0 Å². The predicted octanol–water partition coefficient (Wildman–Crippen LogP) is 6.82. The average molecular weight is 436 g/mol. The first-order chi connectivity index (χ1) is 14.7. The second-order valence-electron chi connectivity index (χ2n) is 7.22. The highest BCUT2D eigenvalue weighted by molar-refractivity contribution is 5.76. The Morgan fingerprint density at radius 2 is 1.32 bits per heavy atom. The first-order valence-corrected chi connectivity index (χ1v) is 10.5. The van der Waals surface area contributed by atoms with Crippen molar-refractivity contribution in [2.45, 2.75) is 54.4 Å². The molecule has 2 N–H and O–H groups in total. The van der Waals surface area contributed by atoms with Crippen LogP contribution in [-0.2, 0) is 0 Å². The van der Waals surface area contributed by atoms with Gasteiger partial charge in [0.15, 0.2) is 0 Å². The SMILES string of the molecule is CC.CC(C)C.COc1cc(C(C)C)ccc1NO.COc1cc(C=O)cc(OC)c1. The molecule has 2 rings (SSSR count). The average Bonchev–Trinajstić information content (AvgIpc) is 2.79. The normalized spacial score (nSPS) is 9.19. The highest BCUT2D eigenvalue weighted by Gasteiger charge is 2.05. The summed E-state index contributed by atoms with van der Waals surface area (Å²) >= 11 is 0. The molecule has 0 spiro atoms. The Balaban J connectivity index is 0. The quantitative estimate of drug-likeness (QED) is 0.383. The van der Waals surface area contributed by atoms with E-state index in [1.165, 1.54) is 5.56 Å². The summed E-state index contributed by atoms with van der Waals surface area (Å²) in [6.45, 7) is 14.7. The van der Waals surface area contributed by atoms with Crippen molar-refractivity contribution in [1.29, 1.82) is 0 Å². The van der Waals surface area contributed by atoms with Crippen molar-refractivity contribution >= 4 is 12.0 Å². The van der Waals surface area contributed by atoms with E-state index in [0.29, 0.717) is 34.4 Å². The van der Waals surface area contributed by atoms with Gasteiger partial charge >= 0.3 is 0 Å². The molecule has 0 aliphatic carbocycles. The van der Waals surface area contributed by atoms with Gasteiger partial charge in [0.2, 0.25) is 0 Å². The van der Waals surface area contributed by atoms with E-state index in [0.717, 1.165) is 12.2 Å². The molecule has 0 heterocycles. The minimum absolute atomic E-state index is 0.460. The highest BCUT2D eigenvalue weighted by atomic mass is 16.5. The van der Waals surface area contributed by atoms with E-state index >= 15 is 0 Å². The molecule has 31 heavy (non-hydrogen) atoms.